The Morgan fingerprint density at radius 3 is 2.25 bits per heavy atom. The molecule has 1 atom stereocenters. The molecule has 3 amide bonds. The number of piperidine rings is 2. The Kier molecular flexibility index (Phi) is 13.1. The summed E-state index contributed by atoms with van der Waals surface area (Å²) in [4.78, 5) is 45.0. The predicted octanol–water partition coefficient (Wildman–Crippen LogP) is 6.63. The average Bonchev–Trinajstić information content (AvgIpc) is 3.68. The highest BCUT2D eigenvalue weighted by atomic mass is 19.1. The van der Waals surface area contributed by atoms with Crippen molar-refractivity contribution < 1.29 is 32.3 Å². The van der Waals surface area contributed by atoms with Gasteiger partial charge in [0.15, 0.2) is 5.82 Å². The predicted molar refractivity (Wildman–Crippen MR) is 240 cm³/mol. The maximum atomic E-state index is 15.3. The van der Waals surface area contributed by atoms with Crippen molar-refractivity contribution in [3.8, 4) is 0 Å². The van der Waals surface area contributed by atoms with E-state index in [-0.39, 0.29) is 41.9 Å². The Bertz CT molecular complexity index is 2480. The molecular weight excluding hydrogens is 824 g/mol. The first-order valence-corrected chi connectivity index (χ1v) is 22.4. The maximum Gasteiger partial charge on any atom is 0.258 e. The van der Waals surface area contributed by atoms with E-state index in [1.165, 1.54) is 18.2 Å². The minimum Gasteiger partial charge on any atom is -0.381 e. The van der Waals surface area contributed by atoms with Gasteiger partial charge < -0.3 is 30.5 Å². The zero-order chi connectivity index (χ0) is 44.2. The molecular formula is C48H54F3N9O4. The van der Waals surface area contributed by atoms with Crippen LogP contribution in [0.3, 0.4) is 0 Å². The van der Waals surface area contributed by atoms with Gasteiger partial charge in [-0.3, -0.25) is 29.7 Å². The Balaban J connectivity index is 0.784. The molecule has 16 heteroatoms. The molecule has 0 aliphatic carbocycles. The van der Waals surface area contributed by atoms with Crippen LogP contribution in [0.2, 0.25) is 0 Å². The van der Waals surface area contributed by atoms with Gasteiger partial charge in [0.05, 0.1) is 11.1 Å². The molecule has 336 valence electrons. The number of likely N-dealkylation sites (tertiary alicyclic amines) is 1. The largest absolute Gasteiger partial charge is 0.381 e. The molecule has 9 rings (SSSR count). The van der Waals surface area contributed by atoms with Crippen LogP contribution in [0, 0.1) is 17.5 Å². The van der Waals surface area contributed by atoms with Crippen molar-refractivity contribution in [3.05, 3.63) is 113 Å². The Hall–Kier alpha value is -5.97. The van der Waals surface area contributed by atoms with Crippen LogP contribution in [0.1, 0.15) is 71.5 Å². The number of imide groups is 1. The van der Waals surface area contributed by atoms with E-state index in [4.69, 9.17) is 4.74 Å². The third-order valence-corrected chi connectivity index (χ3v) is 13.1. The molecule has 4 fully saturated rings. The molecule has 4 aliphatic heterocycles. The first kappa shape index (κ1) is 43.3. The van der Waals surface area contributed by atoms with Crippen LogP contribution in [0.15, 0.2) is 72.8 Å². The van der Waals surface area contributed by atoms with Crippen molar-refractivity contribution in [2.45, 2.75) is 62.9 Å². The number of ether oxygens (including phenoxy) is 1. The standard InChI is InChI=1S/C48H54F3N9O4/c49-33-24-31(25-34(50)27-33)23-30-1-6-42-40(26-30)46(57-56-42)55-47(62)39-5-3-37(29-44(39)52-35-11-21-64-22-12-35)60-19-17-59(18-20-60)16-15-58-13-9-32(10-14-58)38-4-2-36(28-41(38)51)53-43-7-8-45(61)54-48(43)63/h1-6,24-29,32,35,43,52-53H,7-23H2,(H,54,61,63)(H2,55,56,57,62). The van der Waals surface area contributed by atoms with Gasteiger partial charge in [-0.15, -0.1) is 0 Å². The number of aromatic amines is 1. The summed E-state index contributed by atoms with van der Waals surface area (Å²) >= 11 is 0. The Labute approximate surface area is 370 Å². The van der Waals surface area contributed by atoms with E-state index < -0.39 is 17.7 Å². The summed E-state index contributed by atoms with van der Waals surface area (Å²) in [5.41, 5.74) is 5.60. The molecule has 0 saturated carbocycles. The fourth-order valence-electron chi connectivity index (χ4n) is 9.46. The van der Waals surface area contributed by atoms with Gasteiger partial charge in [0.2, 0.25) is 11.8 Å². The van der Waals surface area contributed by atoms with Gasteiger partial charge in [-0.2, -0.15) is 5.10 Å². The lowest BCUT2D eigenvalue weighted by molar-refractivity contribution is -0.133. The number of anilines is 4. The summed E-state index contributed by atoms with van der Waals surface area (Å²) in [6, 6.07) is 19.8. The van der Waals surface area contributed by atoms with E-state index in [2.05, 4.69) is 52.2 Å². The van der Waals surface area contributed by atoms with E-state index in [0.29, 0.717) is 59.6 Å². The number of nitrogens with zero attached hydrogens (tertiary/aromatic N) is 4. The monoisotopic (exact) mass is 877 g/mol. The van der Waals surface area contributed by atoms with Crippen molar-refractivity contribution in [2.24, 2.45) is 0 Å². The molecule has 0 radical (unpaired) electrons. The van der Waals surface area contributed by atoms with Crippen molar-refractivity contribution in [1.82, 2.24) is 25.3 Å². The second-order valence-corrected chi connectivity index (χ2v) is 17.5. The van der Waals surface area contributed by atoms with Crippen LogP contribution in [-0.2, 0) is 20.7 Å². The number of aromatic nitrogens is 2. The molecule has 4 aromatic carbocycles. The number of carbonyl (C=O) groups excluding carboxylic acids is 3. The number of amides is 3. The number of piperazine rings is 1. The average molecular weight is 878 g/mol. The first-order chi connectivity index (χ1) is 31.1. The van der Waals surface area contributed by atoms with Crippen LogP contribution in [0.25, 0.3) is 10.9 Å². The van der Waals surface area contributed by atoms with Gasteiger partial charge in [-0.05, 0) is 129 Å². The smallest absolute Gasteiger partial charge is 0.258 e. The van der Waals surface area contributed by atoms with E-state index in [1.807, 2.05) is 42.5 Å². The summed E-state index contributed by atoms with van der Waals surface area (Å²) in [5.74, 6) is -1.97. The molecule has 4 aliphatic rings. The van der Waals surface area contributed by atoms with Crippen molar-refractivity contribution in [2.75, 3.05) is 86.4 Å². The minimum atomic E-state index is -0.628. The van der Waals surface area contributed by atoms with Gasteiger partial charge in [-0.1, -0.05) is 12.1 Å². The van der Waals surface area contributed by atoms with Gasteiger partial charge in [0.25, 0.3) is 5.91 Å². The minimum absolute atomic E-state index is 0.138. The summed E-state index contributed by atoms with van der Waals surface area (Å²) in [7, 11) is 0. The third kappa shape index (κ3) is 10.4. The lowest BCUT2D eigenvalue weighted by atomic mass is 9.89. The van der Waals surface area contributed by atoms with Crippen molar-refractivity contribution in [3.63, 3.8) is 0 Å². The Morgan fingerprint density at radius 1 is 0.766 bits per heavy atom. The first-order valence-electron chi connectivity index (χ1n) is 22.4. The molecule has 4 saturated heterocycles. The summed E-state index contributed by atoms with van der Waals surface area (Å²) in [6.45, 7) is 8.54. The van der Waals surface area contributed by atoms with Gasteiger partial charge in [-0.25, -0.2) is 13.2 Å². The van der Waals surface area contributed by atoms with Crippen LogP contribution in [-0.4, -0.2) is 115 Å². The highest BCUT2D eigenvalue weighted by Gasteiger charge is 2.29. The second kappa shape index (κ2) is 19.4. The maximum absolute atomic E-state index is 15.3. The lowest BCUT2D eigenvalue weighted by Gasteiger charge is -2.38. The number of fused-ring (bicyclic) bond motifs is 1. The number of halogens is 3. The van der Waals surface area contributed by atoms with Crippen LogP contribution >= 0.6 is 0 Å². The number of carbonyl (C=O) groups is 3. The van der Waals surface area contributed by atoms with E-state index >= 15 is 4.39 Å². The summed E-state index contributed by atoms with van der Waals surface area (Å²) < 4.78 is 48.7. The normalized spacial score (nSPS) is 19.5. The highest BCUT2D eigenvalue weighted by Crippen LogP contribution is 2.33. The molecule has 5 N–H and O–H groups in total. The number of hydrogen-bond donors (Lipinski definition) is 5. The lowest BCUT2D eigenvalue weighted by Crippen LogP contribution is -2.49. The summed E-state index contributed by atoms with van der Waals surface area (Å²) in [5, 5.41) is 20.2. The molecule has 13 nitrogen and oxygen atoms in total. The molecule has 5 heterocycles. The molecule has 64 heavy (non-hydrogen) atoms. The van der Waals surface area contributed by atoms with Crippen molar-refractivity contribution in [1.29, 1.82) is 0 Å². The highest BCUT2D eigenvalue weighted by molar-refractivity contribution is 6.11. The van der Waals surface area contributed by atoms with E-state index in [9.17, 15) is 23.2 Å². The van der Waals surface area contributed by atoms with Gasteiger partial charge in [0, 0.05) is 93.5 Å². The molecule has 0 bridgehead atoms. The zero-order valence-electron chi connectivity index (χ0n) is 35.7. The quantitative estimate of drug-likeness (QED) is 0.0818. The fraction of sp³-hybridized carbons (Fsp3) is 0.417. The van der Waals surface area contributed by atoms with E-state index in [0.717, 1.165) is 107 Å². The number of benzene rings is 4. The van der Waals surface area contributed by atoms with Crippen LogP contribution < -0.4 is 26.2 Å². The zero-order valence-corrected chi connectivity index (χ0v) is 35.7. The molecule has 1 unspecified atom stereocenters. The second-order valence-electron chi connectivity index (χ2n) is 17.5. The molecule has 1 aromatic heterocycles. The summed E-state index contributed by atoms with van der Waals surface area (Å²) in [6.07, 6.45) is 4.39. The molecule has 5 aromatic rings. The van der Waals surface area contributed by atoms with Gasteiger partial charge >= 0.3 is 0 Å². The third-order valence-electron chi connectivity index (χ3n) is 13.1. The Morgan fingerprint density at radius 2 is 1.52 bits per heavy atom. The van der Waals surface area contributed by atoms with Crippen LogP contribution in [0.4, 0.5) is 36.1 Å². The number of rotatable bonds is 13. The number of nitrogens with one attached hydrogen (secondary N) is 5. The fourth-order valence-corrected chi connectivity index (χ4v) is 9.46. The topological polar surface area (TPSA) is 147 Å². The molecule has 0 spiro atoms. The number of H-pyrrole nitrogens is 1. The van der Waals surface area contributed by atoms with Gasteiger partial charge in [0.1, 0.15) is 23.5 Å². The van der Waals surface area contributed by atoms with Crippen LogP contribution in [0.5, 0.6) is 0 Å². The van der Waals surface area contributed by atoms with Crippen molar-refractivity contribution >= 4 is 51.5 Å². The van der Waals surface area contributed by atoms with E-state index in [1.54, 1.807) is 0 Å². The number of hydrogen-bond acceptors (Lipinski definition) is 10. The SMILES string of the molecule is O=C1CCC(Nc2ccc(C3CCN(CCN4CCN(c5ccc(C(=O)Nc6n[nH]c7ccc(Cc8cc(F)cc(F)c8)cc67)c(NC6CCOCC6)c5)CC4)CC3)c(F)c2)C(=O)N1.